The Kier molecular flexibility index (Phi) is 10.4. The standard InChI is InChI=1S/2C11H15NO2/c1-12(2)8-9-14-11(13)10-6-4-3-5-7-10;1-4-14-11(13)9-5-7-10(8-6-9)12(2)3/h3-7H,8-9H2,1-2H3;5-8H,4H2,1-3H3. The summed E-state index contributed by atoms with van der Waals surface area (Å²) in [5.74, 6) is -0.523. The molecule has 0 amide bonds. The lowest BCUT2D eigenvalue weighted by atomic mass is 10.2. The number of anilines is 1. The van der Waals surface area contributed by atoms with Gasteiger partial charge in [-0.25, -0.2) is 9.59 Å². The van der Waals surface area contributed by atoms with Crippen LogP contribution in [0, 0.1) is 0 Å². The van der Waals surface area contributed by atoms with Crippen LogP contribution in [-0.4, -0.2) is 64.8 Å². The number of rotatable bonds is 7. The molecule has 0 fully saturated rings. The summed E-state index contributed by atoms with van der Waals surface area (Å²) in [6.07, 6.45) is 0. The summed E-state index contributed by atoms with van der Waals surface area (Å²) in [6, 6.07) is 16.3. The van der Waals surface area contributed by atoms with Crippen LogP contribution < -0.4 is 4.90 Å². The van der Waals surface area contributed by atoms with Crippen molar-refractivity contribution in [2.24, 2.45) is 0 Å². The maximum Gasteiger partial charge on any atom is 0.338 e. The molecule has 2 aromatic carbocycles. The van der Waals surface area contributed by atoms with Gasteiger partial charge < -0.3 is 19.3 Å². The molecule has 6 nitrogen and oxygen atoms in total. The molecule has 6 heteroatoms. The Balaban J connectivity index is 0.000000280. The van der Waals surface area contributed by atoms with E-state index in [2.05, 4.69) is 0 Å². The fourth-order valence-corrected chi connectivity index (χ4v) is 2.09. The fourth-order valence-electron chi connectivity index (χ4n) is 2.09. The van der Waals surface area contributed by atoms with Gasteiger partial charge in [-0.1, -0.05) is 18.2 Å². The topological polar surface area (TPSA) is 59.1 Å². The number of likely N-dealkylation sites (N-methyl/N-ethyl adjacent to an activating group) is 1. The number of hydrogen-bond donors (Lipinski definition) is 0. The van der Waals surface area contributed by atoms with Crippen LogP contribution in [0.15, 0.2) is 54.6 Å². The molecule has 0 aliphatic rings. The molecule has 0 heterocycles. The van der Waals surface area contributed by atoms with Gasteiger partial charge in [-0.15, -0.1) is 0 Å². The highest BCUT2D eigenvalue weighted by Gasteiger charge is 2.06. The van der Waals surface area contributed by atoms with Gasteiger partial charge in [0, 0.05) is 26.3 Å². The molecule has 2 rings (SSSR count). The van der Waals surface area contributed by atoms with E-state index in [0.29, 0.717) is 24.3 Å². The summed E-state index contributed by atoms with van der Waals surface area (Å²) in [6.45, 7) is 3.39. The average Bonchev–Trinajstić information content (AvgIpc) is 2.69. The van der Waals surface area contributed by atoms with Crippen molar-refractivity contribution in [3.05, 3.63) is 65.7 Å². The molecule has 0 atom stereocenters. The SMILES string of the molecule is CCOC(=O)c1ccc(N(C)C)cc1.CN(C)CCOC(=O)c1ccccc1. The number of benzene rings is 2. The molecule has 152 valence electrons. The minimum absolute atomic E-state index is 0.257. The number of carbonyl (C=O) groups excluding carboxylic acids is 2. The molecule has 28 heavy (non-hydrogen) atoms. The second-order valence-corrected chi connectivity index (χ2v) is 6.47. The van der Waals surface area contributed by atoms with E-state index in [9.17, 15) is 9.59 Å². The molecule has 0 aromatic heterocycles. The molecular formula is C22H30N2O4. The lowest BCUT2D eigenvalue weighted by molar-refractivity contribution is 0.0480. The normalized spacial score (nSPS) is 9.93. The monoisotopic (exact) mass is 386 g/mol. The van der Waals surface area contributed by atoms with Crippen LogP contribution in [0.2, 0.25) is 0 Å². The highest BCUT2D eigenvalue weighted by atomic mass is 16.5. The van der Waals surface area contributed by atoms with E-state index in [1.165, 1.54) is 0 Å². The van der Waals surface area contributed by atoms with Crippen LogP contribution in [0.4, 0.5) is 5.69 Å². The fraction of sp³-hybridized carbons (Fsp3) is 0.364. The third-order valence-corrected chi connectivity index (χ3v) is 3.68. The summed E-state index contributed by atoms with van der Waals surface area (Å²) in [5.41, 5.74) is 2.27. The van der Waals surface area contributed by atoms with E-state index in [1.54, 1.807) is 31.2 Å². The van der Waals surface area contributed by atoms with Gasteiger partial charge >= 0.3 is 11.9 Å². The minimum Gasteiger partial charge on any atom is -0.462 e. The Morgan fingerprint density at radius 3 is 1.82 bits per heavy atom. The maximum absolute atomic E-state index is 11.4. The summed E-state index contributed by atoms with van der Waals surface area (Å²) in [4.78, 5) is 26.6. The lowest BCUT2D eigenvalue weighted by Crippen LogP contribution is -2.20. The Hall–Kier alpha value is -2.86. The molecule has 0 aliphatic heterocycles. The Bertz CT molecular complexity index is 711. The Labute approximate surface area is 167 Å². The van der Waals surface area contributed by atoms with Gasteiger partial charge in [0.05, 0.1) is 17.7 Å². The third-order valence-electron chi connectivity index (χ3n) is 3.68. The molecule has 0 unspecified atom stereocenters. The quantitative estimate of drug-likeness (QED) is 0.681. The number of nitrogens with zero attached hydrogens (tertiary/aromatic N) is 2. The zero-order valence-corrected chi connectivity index (χ0v) is 17.3. The molecule has 0 bridgehead atoms. The van der Waals surface area contributed by atoms with Gasteiger partial charge in [0.1, 0.15) is 6.61 Å². The smallest absolute Gasteiger partial charge is 0.338 e. The van der Waals surface area contributed by atoms with Crippen LogP contribution in [0.5, 0.6) is 0 Å². The van der Waals surface area contributed by atoms with Gasteiger partial charge in [-0.3, -0.25) is 0 Å². The predicted octanol–water partition coefficient (Wildman–Crippen LogP) is 3.33. The third kappa shape index (κ3) is 8.68. The largest absolute Gasteiger partial charge is 0.462 e. The van der Waals surface area contributed by atoms with Crippen molar-refractivity contribution < 1.29 is 19.1 Å². The first kappa shape index (κ1) is 23.2. The van der Waals surface area contributed by atoms with Crippen LogP contribution >= 0.6 is 0 Å². The van der Waals surface area contributed by atoms with Crippen molar-refractivity contribution in [2.75, 3.05) is 52.8 Å². The zero-order chi connectivity index (χ0) is 20.9. The van der Waals surface area contributed by atoms with Gasteiger partial charge in [0.15, 0.2) is 0 Å². The number of ether oxygens (including phenoxy) is 2. The molecule has 0 spiro atoms. The van der Waals surface area contributed by atoms with E-state index in [-0.39, 0.29) is 11.9 Å². The molecule has 0 radical (unpaired) electrons. The second-order valence-electron chi connectivity index (χ2n) is 6.47. The Morgan fingerprint density at radius 1 is 0.786 bits per heavy atom. The van der Waals surface area contributed by atoms with E-state index in [1.807, 2.05) is 68.3 Å². The number of esters is 2. The number of carbonyl (C=O) groups is 2. The van der Waals surface area contributed by atoms with E-state index in [0.717, 1.165) is 12.2 Å². The van der Waals surface area contributed by atoms with Crippen molar-refractivity contribution in [1.82, 2.24) is 4.90 Å². The predicted molar refractivity (Wildman–Crippen MR) is 112 cm³/mol. The van der Waals surface area contributed by atoms with Crippen molar-refractivity contribution in [1.29, 1.82) is 0 Å². The van der Waals surface area contributed by atoms with E-state index in [4.69, 9.17) is 9.47 Å². The summed E-state index contributed by atoms with van der Waals surface area (Å²) in [7, 11) is 7.80. The van der Waals surface area contributed by atoms with Gasteiger partial charge in [0.2, 0.25) is 0 Å². The van der Waals surface area contributed by atoms with Crippen LogP contribution in [-0.2, 0) is 9.47 Å². The second kappa shape index (κ2) is 12.5. The molecule has 0 N–H and O–H groups in total. The Morgan fingerprint density at radius 2 is 1.32 bits per heavy atom. The summed E-state index contributed by atoms with van der Waals surface area (Å²) < 4.78 is 9.93. The molecule has 2 aromatic rings. The molecule has 0 saturated carbocycles. The van der Waals surface area contributed by atoms with Gasteiger partial charge in [-0.2, -0.15) is 0 Å². The van der Waals surface area contributed by atoms with Crippen molar-refractivity contribution in [2.45, 2.75) is 6.92 Å². The zero-order valence-electron chi connectivity index (χ0n) is 17.3. The van der Waals surface area contributed by atoms with Crippen molar-refractivity contribution >= 4 is 17.6 Å². The summed E-state index contributed by atoms with van der Waals surface area (Å²) >= 11 is 0. The van der Waals surface area contributed by atoms with Gasteiger partial charge in [-0.05, 0) is 57.4 Å². The first-order valence-corrected chi connectivity index (χ1v) is 9.16. The van der Waals surface area contributed by atoms with Crippen molar-refractivity contribution in [3.63, 3.8) is 0 Å². The molecule has 0 saturated heterocycles. The van der Waals surface area contributed by atoms with Crippen LogP contribution in [0.3, 0.4) is 0 Å². The molecule has 0 aliphatic carbocycles. The highest BCUT2D eigenvalue weighted by molar-refractivity contribution is 5.90. The van der Waals surface area contributed by atoms with Crippen LogP contribution in [0.25, 0.3) is 0 Å². The van der Waals surface area contributed by atoms with E-state index >= 15 is 0 Å². The maximum atomic E-state index is 11.4. The first-order chi connectivity index (χ1) is 13.3. The first-order valence-electron chi connectivity index (χ1n) is 9.16. The lowest BCUT2D eigenvalue weighted by Gasteiger charge is -2.12. The van der Waals surface area contributed by atoms with Crippen LogP contribution in [0.1, 0.15) is 27.6 Å². The van der Waals surface area contributed by atoms with Crippen molar-refractivity contribution in [3.8, 4) is 0 Å². The average molecular weight is 386 g/mol. The highest BCUT2D eigenvalue weighted by Crippen LogP contribution is 2.12. The number of hydrogen-bond acceptors (Lipinski definition) is 6. The van der Waals surface area contributed by atoms with E-state index < -0.39 is 0 Å². The minimum atomic E-state index is -0.266. The van der Waals surface area contributed by atoms with Gasteiger partial charge in [0.25, 0.3) is 0 Å². The molecular weight excluding hydrogens is 356 g/mol. The summed E-state index contributed by atoms with van der Waals surface area (Å²) in [5, 5.41) is 0.